The van der Waals surface area contributed by atoms with Crippen LogP contribution in [0.15, 0.2) is 18.2 Å². The summed E-state index contributed by atoms with van der Waals surface area (Å²) in [4.78, 5) is 0. The zero-order valence-electron chi connectivity index (χ0n) is 11.3. The van der Waals surface area contributed by atoms with Crippen LogP contribution in [0.25, 0.3) is 0 Å². The van der Waals surface area contributed by atoms with Gasteiger partial charge in [0.15, 0.2) is 0 Å². The second-order valence-corrected chi connectivity index (χ2v) is 4.32. The lowest BCUT2D eigenvalue weighted by molar-refractivity contribution is 0.258. The minimum absolute atomic E-state index is 0.231. The van der Waals surface area contributed by atoms with E-state index in [1.165, 1.54) is 0 Å². The van der Waals surface area contributed by atoms with Crippen molar-refractivity contribution in [1.82, 2.24) is 0 Å². The van der Waals surface area contributed by atoms with Gasteiger partial charge in [-0.05, 0) is 31.4 Å². The van der Waals surface area contributed by atoms with Gasteiger partial charge in [-0.25, -0.2) is 0 Å². The molecule has 1 rings (SSSR count). The number of nitrogen functional groups attached to an aromatic ring is 1. The van der Waals surface area contributed by atoms with Gasteiger partial charge in [0.05, 0.1) is 18.0 Å². The standard InChI is InChI=1S/C14H24N2O2/c1-3-11(8-9-17)10-16-12-6-5-7-13(14(12)15)18-4-2/h5-7,11,16-17H,3-4,8-10,15H2,1-2H3. The number of aliphatic hydroxyl groups is 1. The van der Waals surface area contributed by atoms with Gasteiger partial charge in [0, 0.05) is 13.2 Å². The van der Waals surface area contributed by atoms with Crippen LogP contribution in [-0.2, 0) is 0 Å². The van der Waals surface area contributed by atoms with Crippen LogP contribution in [0.5, 0.6) is 5.75 Å². The Kier molecular flexibility index (Phi) is 6.36. The van der Waals surface area contributed by atoms with Crippen LogP contribution in [0, 0.1) is 5.92 Å². The number of nitrogens with one attached hydrogen (secondary N) is 1. The Hall–Kier alpha value is -1.42. The van der Waals surface area contributed by atoms with E-state index in [0.717, 1.165) is 30.8 Å². The monoisotopic (exact) mass is 252 g/mol. The van der Waals surface area contributed by atoms with Crippen LogP contribution >= 0.6 is 0 Å². The molecule has 102 valence electrons. The van der Waals surface area contributed by atoms with Gasteiger partial charge in [-0.1, -0.05) is 19.4 Å². The number of hydrogen-bond donors (Lipinski definition) is 3. The lowest BCUT2D eigenvalue weighted by atomic mass is 10.0. The van der Waals surface area contributed by atoms with Gasteiger partial charge in [-0.3, -0.25) is 0 Å². The quantitative estimate of drug-likeness (QED) is 0.622. The first-order valence-corrected chi connectivity index (χ1v) is 6.58. The van der Waals surface area contributed by atoms with Crippen molar-refractivity contribution in [1.29, 1.82) is 0 Å². The van der Waals surface area contributed by atoms with Gasteiger partial charge < -0.3 is 20.9 Å². The predicted molar refractivity (Wildman–Crippen MR) is 76.0 cm³/mol. The maximum Gasteiger partial charge on any atom is 0.144 e. The molecule has 0 heterocycles. The summed E-state index contributed by atoms with van der Waals surface area (Å²) in [6.07, 6.45) is 1.85. The first-order chi connectivity index (χ1) is 8.72. The molecule has 1 aromatic rings. The number of para-hydroxylation sites is 1. The minimum atomic E-state index is 0.231. The highest BCUT2D eigenvalue weighted by Gasteiger charge is 2.08. The van der Waals surface area contributed by atoms with Crippen LogP contribution in [0.3, 0.4) is 0 Å². The number of nitrogens with two attached hydrogens (primary N) is 1. The number of aliphatic hydroxyl groups excluding tert-OH is 1. The molecule has 1 atom stereocenters. The van der Waals surface area contributed by atoms with E-state index < -0.39 is 0 Å². The molecule has 0 amide bonds. The third-order valence-electron chi connectivity index (χ3n) is 3.06. The van der Waals surface area contributed by atoms with Crippen LogP contribution in [-0.4, -0.2) is 24.9 Å². The van der Waals surface area contributed by atoms with Gasteiger partial charge in [-0.2, -0.15) is 0 Å². The zero-order valence-corrected chi connectivity index (χ0v) is 11.3. The Balaban J connectivity index is 2.63. The molecule has 0 aromatic heterocycles. The summed E-state index contributed by atoms with van der Waals surface area (Å²) in [6.45, 7) is 5.72. The molecule has 4 heteroatoms. The van der Waals surface area contributed by atoms with Crippen molar-refractivity contribution < 1.29 is 9.84 Å². The van der Waals surface area contributed by atoms with E-state index in [2.05, 4.69) is 12.2 Å². The van der Waals surface area contributed by atoms with Crippen molar-refractivity contribution in [3.8, 4) is 5.75 Å². The van der Waals surface area contributed by atoms with E-state index in [0.29, 0.717) is 18.2 Å². The minimum Gasteiger partial charge on any atom is -0.492 e. The average Bonchev–Trinajstić information content (AvgIpc) is 2.38. The number of anilines is 2. The second kappa shape index (κ2) is 7.82. The molecule has 0 radical (unpaired) electrons. The highest BCUT2D eigenvalue weighted by atomic mass is 16.5. The van der Waals surface area contributed by atoms with Crippen LogP contribution in [0.1, 0.15) is 26.7 Å². The molecule has 0 aliphatic carbocycles. The van der Waals surface area contributed by atoms with Gasteiger partial charge in [-0.15, -0.1) is 0 Å². The van der Waals surface area contributed by atoms with Gasteiger partial charge in [0.1, 0.15) is 5.75 Å². The first kappa shape index (κ1) is 14.6. The van der Waals surface area contributed by atoms with Gasteiger partial charge in [0.2, 0.25) is 0 Å². The van der Waals surface area contributed by atoms with E-state index in [9.17, 15) is 0 Å². The van der Waals surface area contributed by atoms with E-state index >= 15 is 0 Å². The first-order valence-electron chi connectivity index (χ1n) is 6.58. The van der Waals surface area contributed by atoms with Crippen molar-refractivity contribution in [2.45, 2.75) is 26.7 Å². The number of benzene rings is 1. The largest absolute Gasteiger partial charge is 0.492 e. The van der Waals surface area contributed by atoms with Gasteiger partial charge >= 0.3 is 0 Å². The Bertz CT molecular complexity index is 356. The molecule has 0 bridgehead atoms. The Morgan fingerprint density at radius 2 is 2.17 bits per heavy atom. The SMILES string of the molecule is CCOc1cccc(NCC(CC)CCO)c1N. The van der Waals surface area contributed by atoms with Gasteiger partial charge in [0.25, 0.3) is 0 Å². The summed E-state index contributed by atoms with van der Waals surface area (Å²) in [5.74, 6) is 1.18. The maximum atomic E-state index is 8.96. The topological polar surface area (TPSA) is 67.5 Å². The predicted octanol–water partition coefficient (Wildman–Crippen LogP) is 2.49. The summed E-state index contributed by atoms with van der Waals surface area (Å²) in [6, 6.07) is 5.75. The van der Waals surface area contributed by atoms with E-state index in [4.69, 9.17) is 15.6 Å². The molecule has 0 spiro atoms. The van der Waals surface area contributed by atoms with Crippen molar-refractivity contribution in [2.24, 2.45) is 5.92 Å². The molecule has 0 aliphatic heterocycles. The Labute approximate surface area is 109 Å². The summed E-state index contributed by atoms with van der Waals surface area (Å²) in [7, 11) is 0. The third kappa shape index (κ3) is 4.11. The fourth-order valence-corrected chi connectivity index (χ4v) is 1.87. The van der Waals surface area contributed by atoms with Crippen LogP contribution in [0.4, 0.5) is 11.4 Å². The number of ether oxygens (including phenoxy) is 1. The summed E-state index contributed by atoms with van der Waals surface area (Å²) in [5.41, 5.74) is 7.59. The molecular weight excluding hydrogens is 228 g/mol. The smallest absolute Gasteiger partial charge is 0.144 e. The molecule has 18 heavy (non-hydrogen) atoms. The lowest BCUT2D eigenvalue weighted by Gasteiger charge is -2.17. The molecule has 0 fully saturated rings. The molecule has 1 unspecified atom stereocenters. The molecule has 0 saturated heterocycles. The molecular formula is C14H24N2O2. The zero-order chi connectivity index (χ0) is 13.4. The molecule has 0 saturated carbocycles. The van der Waals surface area contributed by atoms with Crippen molar-refractivity contribution in [3.05, 3.63) is 18.2 Å². The maximum absolute atomic E-state index is 8.96. The number of hydrogen-bond acceptors (Lipinski definition) is 4. The molecule has 4 N–H and O–H groups in total. The fraction of sp³-hybridized carbons (Fsp3) is 0.571. The average molecular weight is 252 g/mol. The molecule has 1 aromatic carbocycles. The Morgan fingerprint density at radius 3 is 2.78 bits per heavy atom. The molecule has 0 aliphatic rings. The second-order valence-electron chi connectivity index (χ2n) is 4.32. The third-order valence-corrected chi connectivity index (χ3v) is 3.06. The summed E-state index contributed by atoms with van der Waals surface area (Å²) in [5, 5.41) is 12.3. The highest BCUT2D eigenvalue weighted by Crippen LogP contribution is 2.29. The fourth-order valence-electron chi connectivity index (χ4n) is 1.87. The normalized spacial score (nSPS) is 12.2. The van der Waals surface area contributed by atoms with Crippen molar-refractivity contribution in [3.63, 3.8) is 0 Å². The summed E-state index contributed by atoms with van der Waals surface area (Å²) < 4.78 is 5.45. The number of rotatable bonds is 8. The van der Waals surface area contributed by atoms with Crippen molar-refractivity contribution in [2.75, 3.05) is 30.8 Å². The van der Waals surface area contributed by atoms with Crippen LogP contribution < -0.4 is 15.8 Å². The van der Waals surface area contributed by atoms with Crippen LogP contribution in [0.2, 0.25) is 0 Å². The van der Waals surface area contributed by atoms with Crippen molar-refractivity contribution >= 4 is 11.4 Å². The van der Waals surface area contributed by atoms with E-state index in [1.807, 2.05) is 25.1 Å². The highest BCUT2D eigenvalue weighted by molar-refractivity contribution is 5.72. The lowest BCUT2D eigenvalue weighted by Crippen LogP contribution is -2.16. The summed E-state index contributed by atoms with van der Waals surface area (Å²) >= 11 is 0. The van der Waals surface area contributed by atoms with E-state index in [-0.39, 0.29) is 6.61 Å². The Morgan fingerprint density at radius 1 is 1.39 bits per heavy atom. The molecule has 4 nitrogen and oxygen atoms in total. The van der Waals surface area contributed by atoms with E-state index in [1.54, 1.807) is 0 Å².